The second-order valence-corrected chi connectivity index (χ2v) is 9.09. The molecule has 0 aliphatic rings. The van der Waals surface area contributed by atoms with Gasteiger partial charge >= 0.3 is 12.3 Å². The van der Waals surface area contributed by atoms with E-state index in [1.54, 1.807) is 6.07 Å². The van der Waals surface area contributed by atoms with Gasteiger partial charge in [-0.05, 0) is 35.9 Å². The van der Waals surface area contributed by atoms with E-state index in [1.165, 1.54) is 30.3 Å². The molecule has 2 N–H and O–H groups in total. The fourth-order valence-corrected chi connectivity index (χ4v) is 4.51. The number of hydrogen-bond acceptors (Lipinski definition) is 4. The first-order valence-electron chi connectivity index (χ1n) is 9.66. The largest absolute Gasteiger partial charge is 0.573 e. The first-order valence-corrected chi connectivity index (χ1v) is 11.6. The van der Waals surface area contributed by atoms with Gasteiger partial charge in [0.2, 0.25) is 0 Å². The van der Waals surface area contributed by atoms with E-state index in [0.717, 1.165) is 6.07 Å². The van der Waals surface area contributed by atoms with E-state index in [1.807, 2.05) is 0 Å². The highest BCUT2D eigenvalue weighted by molar-refractivity contribution is 9.11. The van der Waals surface area contributed by atoms with Gasteiger partial charge in [0.05, 0.1) is 10.6 Å². The number of carbonyl (C=O) groups is 2. The quantitative estimate of drug-likeness (QED) is 0.359. The maximum absolute atomic E-state index is 12.9. The van der Waals surface area contributed by atoms with Crippen molar-refractivity contribution in [3.05, 3.63) is 73.1 Å². The van der Waals surface area contributed by atoms with Crippen LogP contribution < -0.4 is 25.7 Å². The summed E-state index contributed by atoms with van der Waals surface area (Å²) < 4.78 is 46.8. The van der Waals surface area contributed by atoms with Gasteiger partial charge < -0.3 is 19.9 Å². The highest BCUT2D eigenvalue weighted by Crippen LogP contribution is 2.30. The van der Waals surface area contributed by atoms with Crippen LogP contribution in [0.3, 0.4) is 0 Å². The van der Waals surface area contributed by atoms with E-state index in [4.69, 9.17) is 32.0 Å². The number of aromatic carboxylic acids is 1. The molecule has 0 aromatic heterocycles. The minimum absolute atomic E-state index is 0.0153. The third-order valence-corrected chi connectivity index (χ3v) is 6.58. The van der Waals surface area contributed by atoms with Gasteiger partial charge in [0.25, 0.3) is 5.91 Å². The van der Waals surface area contributed by atoms with Gasteiger partial charge in [-0.2, -0.15) is 0 Å². The van der Waals surface area contributed by atoms with Gasteiger partial charge in [-0.25, -0.2) is 4.79 Å². The van der Waals surface area contributed by atoms with Crippen molar-refractivity contribution >= 4 is 87.6 Å². The zero-order valence-electron chi connectivity index (χ0n) is 17.8. The van der Waals surface area contributed by atoms with E-state index >= 15 is 0 Å². The number of anilines is 1. The fraction of sp³-hybridized carbons (Fsp3) is 0.0909. The Morgan fingerprint density at radius 2 is 1.72 bits per heavy atom. The Morgan fingerprint density at radius 3 is 2.33 bits per heavy atom. The Balaban J connectivity index is 1.77. The van der Waals surface area contributed by atoms with Crippen molar-refractivity contribution in [3.8, 4) is 11.5 Å². The van der Waals surface area contributed by atoms with Crippen LogP contribution in [0, 0.1) is 0 Å². The van der Waals surface area contributed by atoms with Crippen LogP contribution in [0.4, 0.5) is 18.9 Å². The summed E-state index contributed by atoms with van der Waals surface area (Å²) in [5.74, 6) is -2.48. The molecule has 14 heteroatoms. The first-order chi connectivity index (χ1) is 16.8. The molecule has 0 atom stereocenters. The number of alkyl halides is 3. The van der Waals surface area contributed by atoms with Crippen molar-refractivity contribution < 1.29 is 37.3 Å². The van der Waals surface area contributed by atoms with Crippen molar-refractivity contribution in [1.29, 1.82) is 0 Å². The van der Waals surface area contributed by atoms with Gasteiger partial charge in [0, 0.05) is 20.2 Å². The molecular weight excluding hydrogens is 632 g/mol. The molecule has 0 heterocycles. The van der Waals surface area contributed by atoms with E-state index in [0.29, 0.717) is 5.56 Å². The van der Waals surface area contributed by atoms with E-state index in [2.05, 4.69) is 41.9 Å². The molecule has 3 aromatic carbocycles. The van der Waals surface area contributed by atoms with Crippen LogP contribution in [-0.2, 0) is 6.61 Å². The normalized spacial score (nSPS) is 11.2. The maximum atomic E-state index is 12.9. The number of carboxylic acid groups (broad SMARTS) is 1. The minimum Gasteiger partial charge on any atom is -0.487 e. The summed E-state index contributed by atoms with van der Waals surface area (Å²) >= 11 is 12.4. The summed E-state index contributed by atoms with van der Waals surface area (Å²) in [4.78, 5) is 24.7. The second kappa shape index (κ2) is 11.2. The van der Waals surface area contributed by atoms with Crippen molar-refractivity contribution in [2.24, 2.45) is 0 Å². The maximum Gasteiger partial charge on any atom is 0.573 e. The zero-order valence-corrected chi connectivity index (χ0v) is 21.7. The summed E-state index contributed by atoms with van der Waals surface area (Å²) in [6.07, 6.45) is -4.82. The summed E-state index contributed by atoms with van der Waals surface area (Å²) in [6, 6.07) is 9.44. The molecular formula is C22H11B2Br2ClF3NO5. The van der Waals surface area contributed by atoms with Crippen LogP contribution in [0.15, 0.2) is 51.4 Å². The van der Waals surface area contributed by atoms with E-state index in [-0.39, 0.29) is 48.5 Å². The Labute approximate surface area is 227 Å². The molecule has 0 spiro atoms. The molecule has 0 aliphatic heterocycles. The summed E-state index contributed by atoms with van der Waals surface area (Å²) in [6.45, 7) is -0.119. The predicted octanol–water partition coefficient (Wildman–Crippen LogP) is 4.88. The average Bonchev–Trinajstić information content (AvgIpc) is 2.78. The lowest BCUT2D eigenvalue weighted by molar-refractivity contribution is -0.274. The third-order valence-electron chi connectivity index (χ3n) is 4.61. The van der Waals surface area contributed by atoms with Crippen LogP contribution >= 0.6 is 43.5 Å². The Bertz CT molecular complexity index is 1360. The van der Waals surface area contributed by atoms with E-state index < -0.39 is 29.6 Å². The Hall–Kier alpha value is -2.63. The summed E-state index contributed by atoms with van der Waals surface area (Å²) in [5, 5.41) is 12.2. The SMILES string of the molecule is [B]c1c(Br)c([B])c(C(=O)Nc2ccc(OCc3cccc(OC(F)(F)F)c3)c(Cl)c2)c(C(=O)O)c1Br. The highest BCUT2D eigenvalue weighted by atomic mass is 79.9. The fourth-order valence-electron chi connectivity index (χ4n) is 3.05. The number of nitrogens with one attached hydrogen (secondary N) is 1. The summed E-state index contributed by atoms with van der Waals surface area (Å²) in [7, 11) is 11.8. The van der Waals surface area contributed by atoms with Crippen molar-refractivity contribution in [2.45, 2.75) is 13.0 Å². The Kier molecular flexibility index (Phi) is 8.68. The van der Waals surface area contributed by atoms with Crippen molar-refractivity contribution in [2.75, 3.05) is 5.32 Å². The molecule has 0 aliphatic carbocycles. The lowest BCUT2D eigenvalue weighted by Gasteiger charge is -2.17. The monoisotopic (exact) mass is 641 g/mol. The number of benzene rings is 3. The van der Waals surface area contributed by atoms with Gasteiger partial charge in [-0.15, -0.1) is 13.2 Å². The number of ether oxygens (including phenoxy) is 2. The molecule has 0 fully saturated rings. The molecule has 3 rings (SSSR count). The number of carboxylic acids is 1. The van der Waals surface area contributed by atoms with Crippen LogP contribution in [0.5, 0.6) is 11.5 Å². The molecule has 0 saturated carbocycles. The molecule has 0 unspecified atom stereocenters. The lowest BCUT2D eigenvalue weighted by Crippen LogP contribution is -2.32. The zero-order chi connectivity index (χ0) is 26.8. The number of halogens is 6. The Morgan fingerprint density at radius 1 is 1.03 bits per heavy atom. The predicted molar refractivity (Wildman–Crippen MR) is 136 cm³/mol. The average molecular weight is 643 g/mol. The second-order valence-electron chi connectivity index (χ2n) is 7.09. The van der Waals surface area contributed by atoms with Crippen LogP contribution in [0.25, 0.3) is 0 Å². The van der Waals surface area contributed by atoms with Gasteiger partial charge in [0.15, 0.2) is 0 Å². The number of hydrogen-bond donors (Lipinski definition) is 2. The lowest BCUT2D eigenvalue weighted by atomic mass is 9.80. The number of rotatable bonds is 7. The molecule has 1 amide bonds. The van der Waals surface area contributed by atoms with Gasteiger partial charge in [0.1, 0.15) is 33.8 Å². The standard InChI is InChI=1S/C22H11B2Br2ClF3NO5/c23-16-14(15(21(33)34)18(25)17(24)19(16)26)20(32)31-10-4-5-13(12(27)7-10)35-8-9-2-1-3-11(6-9)36-22(28,29)30/h1-7H,8H2,(H,31,32)(H,33,34). The van der Waals surface area contributed by atoms with Gasteiger partial charge in [-0.1, -0.05) is 66.5 Å². The topological polar surface area (TPSA) is 84.9 Å². The van der Waals surface area contributed by atoms with Crippen LogP contribution in [0.1, 0.15) is 26.3 Å². The molecule has 4 radical (unpaired) electrons. The molecule has 3 aromatic rings. The minimum atomic E-state index is -4.82. The highest BCUT2D eigenvalue weighted by Gasteiger charge is 2.31. The first kappa shape index (κ1) is 27.9. The van der Waals surface area contributed by atoms with Crippen molar-refractivity contribution in [3.63, 3.8) is 0 Å². The molecule has 182 valence electrons. The number of carbonyl (C=O) groups excluding carboxylic acids is 1. The van der Waals surface area contributed by atoms with E-state index in [9.17, 15) is 27.9 Å². The van der Waals surface area contributed by atoms with Crippen LogP contribution in [0.2, 0.25) is 5.02 Å². The summed E-state index contributed by atoms with van der Waals surface area (Å²) in [5.41, 5.74) is -0.324. The van der Waals surface area contributed by atoms with Crippen molar-refractivity contribution in [1.82, 2.24) is 0 Å². The molecule has 0 saturated heterocycles. The van der Waals surface area contributed by atoms with Gasteiger partial charge in [-0.3, -0.25) is 4.79 Å². The van der Waals surface area contributed by atoms with Crippen LogP contribution in [-0.4, -0.2) is 39.0 Å². The third kappa shape index (κ3) is 6.57. The molecule has 36 heavy (non-hydrogen) atoms. The smallest absolute Gasteiger partial charge is 0.487 e. The molecule has 0 bridgehead atoms. The molecule has 6 nitrogen and oxygen atoms in total. The number of amides is 1.